The topological polar surface area (TPSA) is 49.9 Å². The second-order valence-corrected chi connectivity index (χ2v) is 9.04. The van der Waals surface area contributed by atoms with Crippen LogP contribution in [0.3, 0.4) is 0 Å². The van der Waals surface area contributed by atoms with Gasteiger partial charge in [-0.15, -0.1) is 0 Å². The Balaban J connectivity index is 1.34. The third-order valence-electron chi connectivity index (χ3n) is 5.60. The van der Waals surface area contributed by atoms with Crippen molar-refractivity contribution in [3.63, 3.8) is 0 Å². The van der Waals surface area contributed by atoms with E-state index in [1.165, 1.54) is 0 Å². The highest BCUT2D eigenvalue weighted by Gasteiger charge is 2.47. The maximum atomic E-state index is 12.6. The molecule has 0 bridgehead atoms. The molecule has 0 unspecified atom stereocenters. The van der Waals surface area contributed by atoms with Crippen LogP contribution in [-0.4, -0.2) is 47.0 Å². The fourth-order valence-electron chi connectivity index (χ4n) is 3.94. The summed E-state index contributed by atoms with van der Waals surface area (Å²) in [5, 5.41) is 0.613. The van der Waals surface area contributed by atoms with Gasteiger partial charge in [-0.1, -0.05) is 57.9 Å². The summed E-state index contributed by atoms with van der Waals surface area (Å²) in [7, 11) is 0. The first-order valence-corrected chi connectivity index (χ1v) is 11.1. The Morgan fingerprint density at radius 1 is 1.17 bits per heavy atom. The smallest absolute Gasteiger partial charge is 0.410 e. The SMILES string of the molecule is O=C(C=Cc1ccccc1Cl)N1CCC2(CC1)CN(Cc1cccc(Br)c1)C(=O)O2. The fraction of sp³-hybridized carbons (Fsp3) is 0.304. The third-order valence-corrected chi connectivity index (χ3v) is 6.44. The van der Waals surface area contributed by atoms with E-state index in [2.05, 4.69) is 15.9 Å². The maximum absolute atomic E-state index is 12.6. The normalized spacial score (nSPS) is 18.3. The molecule has 2 fully saturated rings. The predicted octanol–water partition coefficient (Wildman–Crippen LogP) is 5.13. The van der Waals surface area contributed by atoms with Gasteiger partial charge in [-0.05, 0) is 35.4 Å². The van der Waals surface area contributed by atoms with Crippen LogP contribution in [-0.2, 0) is 16.1 Å². The van der Waals surface area contributed by atoms with Gasteiger partial charge in [0.25, 0.3) is 0 Å². The third kappa shape index (κ3) is 4.71. The molecule has 7 heteroatoms. The van der Waals surface area contributed by atoms with Gasteiger partial charge in [-0.25, -0.2) is 4.79 Å². The number of ether oxygens (including phenoxy) is 1. The molecule has 0 saturated carbocycles. The average molecular weight is 490 g/mol. The summed E-state index contributed by atoms with van der Waals surface area (Å²) >= 11 is 9.60. The number of halogens is 2. The van der Waals surface area contributed by atoms with Gasteiger partial charge in [0.15, 0.2) is 0 Å². The van der Waals surface area contributed by atoms with Crippen molar-refractivity contribution in [2.75, 3.05) is 19.6 Å². The maximum Gasteiger partial charge on any atom is 0.410 e. The Kier molecular flexibility index (Phi) is 6.16. The average Bonchev–Trinajstić information content (AvgIpc) is 3.02. The molecule has 2 aliphatic heterocycles. The zero-order valence-electron chi connectivity index (χ0n) is 16.4. The van der Waals surface area contributed by atoms with E-state index in [0.717, 1.165) is 15.6 Å². The lowest BCUT2D eigenvalue weighted by atomic mass is 9.91. The van der Waals surface area contributed by atoms with E-state index in [4.69, 9.17) is 16.3 Å². The molecule has 5 nitrogen and oxygen atoms in total. The number of benzene rings is 2. The molecule has 0 aromatic heterocycles. The van der Waals surface area contributed by atoms with Crippen LogP contribution >= 0.6 is 27.5 Å². The predicted molar refractivity (Wildman–Crippen MR) is 120 cm³/mol. The van der Waals surface area contributed by atoms with Crippen LogP contribution in [0.15, 0.2) is 59.1 Å². The Labute approximate surface area is 189 Å². The molecule has 1 spiro atoms. The molecule has 0 radical (unpaired) electrons. The quantitative estimate of drug-likeness (QED) is 0.560. The van der Waals surface area contributed by atoms with Gasteiger partial charge < -0.3 is 9.64 Å². The molecule has 0 atom stereocenters. The highest BCUT2D eigenvalue weighted by molar-refractivity contribution is 9.10. The lowest BCUT2D eigenvalue weighted by molar-refractivity contribution is -0.129. The summed E-state index contributed by atoms with van der Waals surface area (Å²) in [6, 6.07) is 15.3. The number of carbonyl (C=O) groups excluding carboxylic acids is 2. The number of carbonyl (C=O) groups is 2. The number of hydrogen-bond acceptors (Lipinski definition) is 3. The van der Waals surface area contributed by atoms with Gasteiger partial charge in [0, 0.05) is 48.0 Å². The van der Waals surface area contributed by atoms with Crippen LogP contribution in [0, 0.1) is 0 Å². The molecule has 2 aromatic carbocycles. The molecule has 30 heavy (non-hydrogen) atoms. The minimum Gasteiger partial charge on any atom is -0.441 e. The van der Waals surface area contributed by atoms with Crippen molar-refractivity contribution >= 4 is 45.6 Å². The van der Waals surface area contributed by atoms with Crippen molar-refractivity contribution in [2.45, 2.75) is 25.0 Å². The highest BCUT2D eigenvalue weighted by atomic mass is 79.9. The lowest BCUT2D eigenvalue weighted by Gasteiger charge is -2.37. The van der Waals surface area contributed by atoms with E-state index in [-0.39, 0.29) is 12.0 Å². The number of nitrogens with zero attached hydrogens (tertiary/aromatic N) is 2. The molecule has 2 aliphatic rings. The summed E-state index contributed by atoms with van der Waals surface area (Å²) in [4.78, 5) is 28.5. The van der Waals surface area contributed by atoms with Gasteiger partial charge in [-0.2, -0.15) is 0 Å². The summed E-state index contributed by atoms with van der Waals surface area (Å²) in [5.41, 5.74) is 1.36. The molecule has 2 aromatic rings. The summed E-state index contributed by atoms with van der Waals surface area (Å²) in [5.74, 6) is -0.0555. The van der Waals surface area contributed by atoms with Crippen molar-refractivity contribution in [2.24, 2.45) is 0 Å². The molecule has 2 heterocycles. The Morgan fingerprint density at radius 2 is 1.93 bits per heavy atom. The van der Waals surface area contributed by atoms with Crippen molar-refractivity contribution in [1.82, 2.24) is 9.80 Å². The molecular weight excluding hydrogens is 468 g/mol. The number of piperidine rings is 1. The van der Waals surface area contributed by atoms with Crippen LogP contribution in [0.4, 0.5) is 4.79 Å². The van der Waals surface area contributed by atoms with Crippen molar-refractivity contribution in [3.05, 3.63) is 75.2 Å². The standard InChI is InChI=1S/C23H22BrClN2O3/c24-19-6-3-4-17(14-19)15-27-16-23(30-22(27)29)10-12-26(13-11-23)21(28)9-8-18-5-1-2-7-20(18)25/h1-9,14H,10-13,15-16H2. The first-order valence-electron chi connectivity index (χ1n) is 9.88. The number of likely N-dealkylation sites (tertiary alicyclic amines) is 1. The lowest BCUT2D eigenvalue weighted by Crippen LogP contribution is -2.48. The summed E-state index contributed by atoms with van der Waals surface area (Å²) in [6.45, 7) is 2.19. The first kappa shape index (κ1) is 20.9. The zero-order chi connectivity index (χ0) is 21.1. The summed E-state index contributed by atoms with van der Waals surface area (Å²) < 4.78 is 6.76. The number of hydrogen-bond donors (Lipinski definition) is 0. The van der Waals surface area contributed by atoms with E-state index in [0.29, 0.717) is 44.0 Å². The van der Waals surface area contributed by atoms with E-state index < -0.39 is 5.60 Å². The van der Waals surface area contributed by atoms with Gasteiger partial charge >= 0.3 is 6.09 Å². The van der Waals surface area contributed by atoms with Gasteiger partial charge in [-0.3, -0.25) is 9.69 Å². The molecule has 156 valence electrons. The van der Waals surface area contributed by atoms with Crippen molar-refractivity contribution in [1.29, 1.82) is 0 Å². The fourth-order valence-corrected chi connectivity index (χ4v) is 4.59. The molecule has 4 rings (SSSR count). The minimum atomic E-state index is -0.508. The Bertz CT molecular complexity index is 986. The minimum absolute atomic E-state index is 0.0555. The Morgan fingerprint density at radius 3 is 2.67 bits per heavy atom. The largest absolute Gasteiger partial charge is 0.441 e. The molecular formula is C23H22BrClN2O3. The van der Waals surface area contributed by atoms with Crippen LogP contribution < -0.4 is 0 Å². The molecule has 0 N–H and O–H groups in total. The second kappa shape index (κ2) is 8.82. The zero-order valence-corrected chi connectivity index (χ0v) is 18.7. The summed E-state index contributed by atoms with van der Waals surface area (Å²) in [6.07, 6.45) is 4.29. The van der Waals surface area contributed by atoms with Crippen LogP contribution in [0.2, 0.25) is 5.02 Å². The second-order valence-electron chi connectivity index (χ2n) is 7.72. The van der Waals surface area contributed by atoms with Gasteiger partial charge in [0.2, 0.25) is 5.91 Å². The molecule has 0 aliphatic carbocycles. The van der Waals surface area contributed by atoms with Crippen LogP contribution in [0.1, 0.15) is 24.0 Å². The van der Waals surface area contributed by atoms with Gasteiger partial charge in [0.05, 0.1) is 6.54 Å². The van der Waals surface area contributed by atoms with E-state index in [1.54, 1.807) is 28.0 Å². The van der Waals surface area contributed by atoms with Crippen LogP contribution in [0.5, 0.6) is 0 Å². The monoisotopic (exact) mass is 488 g/mol. The van der Waals surface area contributed by atoms with E-state index >= 15 is 0 Å². The molecule has 2 saturated heterocycles. The van der Waals surface area contributed by atoms with Crippen LogP contribution in [0.25, 0.3) is 6.08 Å². The van der Waals surface area contributed by atoms with Gasteiger partial charge in [0.1, 0.15) is 5.60 Å². The number of rotatable bonds is 4. The molecule has 2 amide bonds. The van der Waals surface area contributed by atoms with E-state index in [1.807, 2.05) is 42.5 Å². The first-order chi connectivity index (χ1) is 14.4. The van der Waals surface area contributed by atoms with Crippen molar-refractivity contribution in [3.8, 4) is 0 Å². The highest BCUT2D eigenvalue weighted by Crippen LogP contribution is 2.34. The van der Waals surface area contributed by atoms with E-state index in [9.17, 15) is 9.59 Å². The van der Waals surface area contributed by atoms with Crippen molar-refractivity contribution < 1.29 is 14.3 Å². The Hall–Kier alpha value is -2.31. The number of amides is 2.